The van der Waals surface area contributed by atoms with E-state index in [0.717, 1.165) is 31.5 Å². The smallest absolute Gasteiger partial charge is 0.417 e. The summed E-state index contributed by atoms with van der Waals surface area (Å²) in [7, 11) is 0. The second-order valence-electron chi connectivity index (χ2n) is 8.23. The topological polar surface area (TPSA) is 93.4 Å². The number of halogens is 4. The van der Waals surface area contributed by atoms with Gasteiger partial charge in [-0.15, -0.1) is 0 Å². The Morgan fingerprint density at radius 3 is 2.83 bits per heavy atom. The van der Waals surface area contributed by atoms with E-state index >= 15 is 0 Å². The molecule has 0 aliphatic carbocycles. The van der Waals surface area contributed by atoms with Gasteiger partial charge in [-0.1, -0.05) is 23.7 Å². The molecule has 1 aliphatic rings. The zero-order valence-electron chi connectivity index (χ0n) is 19.0. The summed E-state index contributed by atoms with van der Waals surface area (Å²) in [6, 6.07) is 11.8. The molecule has 1 aromatic heterocycles. The van der Waals surface area contributed by atoms with Crippen molar-refractivity contribution in [2.75, 3.05) is 23.3 Å². The molecule has 36 heavy (non-hydrogen) atoms. The van der Waals surface area contributed by atoms with Crippen molar-refractivity contribution in [3.05, 3.63) is 77.0 Å². The molecule has 1 fully saturated rings. The molecular formula is C25H23ClF3N5O2. The summed E-state index contributed by atoms with van der Waals surface area (Å²) in [6.45, 7) is 1.51. The van der Waals surface area contributed by atoms with Crippen LogP contribution in [0.5, 0.6) is 11.6 Å². The Kier molecular flexibility index (Phi) is 7.76. The number of hydrogen-bond donors (Lipinski definition) is 2. The van der Waals surface area contributed by atoms with Crippen LogP contribution in [0.25, 0.3) is 6.08 Å². The summed E-state index contributed by atoms with van der Waals surface area (Å²) in [6.07, 6.45) is 1.66. The predicted octanol–water partition coefficient (Wildman–Crippen LogP) is 5.52. The lowest BCUT2D eigenvalue weighted by atomic mass is 10.1. The van der Waals surface area contributed by atoms with Crippen molar-refractivity contribution in [2.45, 2.75) is 25.1 Å². The highest BCUT2D eigenvalue weighted by Crippen LogP contribution is 2.36. The van der Waals surface area contributed by atoms with E-state index in [1.807, 2.05) is 4.90 Å². The number of alkyl halides is 3. The number of amides is 1. The molecule has 0 saturated carbocycles. The van der Waals surface area contributed by atoms with Crippen LogP contribution in [-0.4, -0.2) is 35.0 Å². The number of ether oxygens (including phenoxy) is 1. The molecule has 3 aromatic rings. The molecule has 0 spiro atoms. The lowest BCUT2D eigenvalue weighted by Gasteiger charge is -2.30. The lowest BCUT2D eigenvalue weighted by Crippen LogP contribution is -2.43. The van der Waals surface area contributed by atoms with E-state index in [2.05, 4.69) is 15.3 Å². The van der Waals surface area contributed by atoms with Gasteiger partial charge >= 0.3 is 6.18 Å². The highest BCUT2D eigenvalue weighted by Gasteiger charge is 2.33. The average molecular weight is 518 g/mol. The molecule has 7 nitrogen and oxygen atoms in total. The molecular weight excluding hydrogens is 495 g/mol. The normalized spacial score (nSPS) is 16.2. The van der Waals surface area contributed by atoms with Crippen LogP contribution < -0.4 is 20.7 Å². The van der Waals surface area contributed by atoms with E-state index in [4.69, 9.17) is 22.1 Å². The largest absolute Gasteiger partial charge is 0.439 e. The van der Waals surface area contributed by atoms with Gasteiger partial charge in [0, 0.05) is 43.2 Å². The number of benzene rings is 2. The van der Waals surface area contributed by atoms with Crippen molar-refractivity contribution in [2.24, 2.45) is 5.73 Å². The standard InChI is InChI=1S/C25H23ClF3N5O2/c26-21-8-7-18(14-20(21)25(27,28)29)32-22(35)9-6-16-3-1-5-19(13-16)36-23-10-11-31-24(33-23)34-12-2-4-17(30)15-34/h1,3,5-11,13-14,17H,2,4,12,15,30H2,(H,32,35)/b9-6+. The van der Waals surface area contributed by atoms with Crippen molar-refractivity contribution < 1.29 is 22.7 Å². The average Bonchev–Trinajstić information content (AvgIpc) is 2.84. The van der Waals surface area contributed by atoms with Gasteiger partial charge in [-0.2, -0.15) is 18.2 Å². The number of nitrogens with one attached hydrogen (secondary N) is 1. The molecule has 0 radical (unpaired) electrons. The van der Waals surface area contributed by atoms with Gasteiger partial charge in [0.15, 0.2) is 0 Å². The van der Waals surface area contributed by atoms with E-state index in [9.17, 15) is 18.0 Å². The Balaban J connectivity index is 1.40. The number of piperidine rings is 1. The fourth-order valence-electron chi connectivity index (χ4n) is 3.71. The zero-order chi connectivity index (χ0) is 25.7. The second-order valence-corrected chi connectivity index (χ2v) is 8.64. The summed E-state index contributed by atoms with van der Waals surface area (Å²) in [5.74, 6) is 0.800. The Hall–Kier alpha value is -3.63. The Bertz CT molecular complexity index is 1270. The van der Waals surface area contributed by atoms with E-state index in [0.29, 0.717) is 29.7 Å². The van der Waals surface area contributed by atoms with E-state index in [-0.39, 0.29) is 11.7 Å². The van der Waals surface area contributed by atoms with Gasteiger partial charge in [0.25, 0.3) is 0 Å². The molecule has 11 heteroatoms. The Labute approximate surface area is 210 Å². The highest BCUT2D eigenvalue weighted by molar-refractivity contribution is 6.31. The van der Waals surface area contributed by atoms with Crippen LogP contribution in [0.4, 0.5) is 24.8 Å². The number of anilines is 2. The SMILES string of the molecule is NC1CCCN(c2nccc(Oc3cccc(/C=C/C(=O)Nc4ccc(Cl)c(C(F)(F)F)c4)c3)n2)C1. The van der Waals surface area contributed by atoms with Crippen molar-refractivity contribution in [1.82, 2.24) is 9.97 Å². The van der Waals surface area contributed by atoms with Crippen LogP contribution in [0.3, 0.4) is 0 Å². The maximum atomic E-state index is 13.0. The second kappa shape index (κ2) is 11.0. The van der Waals surface area contributed by atoms with Gasteiger partial charge in [0.2, 0.25) is 17.7 Å². The molecule has 1 saturated heterocycles. The minimum absolute atomic E-state index is 0.0207. The van der Waals surface area contributed by atoms with E-state index < -0.39 is 22.7 Å². The quantitative estimate of drug-likeness (QED) is 0.418. The van der Waals surface area contributed by atoms with Crippen molar-refractivity contribution >= 4 is 35.2 Å². The van der Waals surface area contributed by atoms with Gasteiger partial charge in [0.1, 0.15) is 5.75 Å². The fraction of sp³-hybridized carbons (Fsp3) is 0.240. The molecule has 2 aromatic carbocycles. The molecule has 1 atom stereocenters. The number of carbonyl (C=O) groups excluding carboxylic acids is 1. The van der Waals surface area contributed by atoms with Crippen molar-refractivity contribution in [3.8, 4) is 11.6 Å². The van der Waals surface area contributed by atoms with Crippen molar-refractivity contribution in [3.63, 3.8) is 0 Å². The molecule has 188 valence electrons. The number of nitrogens with zero attached hydrogens (tertiary/aromatic N) is 3. The first-order valence-corrected chi connectivity index (χ1v) is 11.5. The van der Waals surface area contributed by atoms with Crippen LogP contribution in [0.1, 0.15) is 24.0 Å². The van der Waals surface area contributed by atoms with Gasteiger partial charge in [-0.05, 0) is 54.8 Å². The van der Waals surface area contributed by atoms with Crippen LogP contribution >= 0.6 is 11.6 Å². The van der Waals surface area contributed by atoms with Crippen LogP contribution in [0.2, 0.25) is 5.02 Å². The molecule has 2 heterocycles. The minimum Gasteiger partial charge on any atom is -0.439 e. The molecule has 1 aliphatic heterocycles. The first-order valence-electron chi connectivity index (χ1n) is 11.1. The molecule has 0 bridgehead atoms. The summed E-state index contributed by atoms with van der Waals surface area (Å²) < 4.78 is 44.9. The van der Waals surface area contributed by atoms with Crippen LogP contribution in [-0.2, 0) is 11.0 Å². The summed E-state index contributed by atoms with van der Waals surface area (Å²) in [4.78, 5) is 23.1. The molecule has 1 amide bonds. The number of carbonyl (C=O) groups is 1. The first kappa shape index (κ1) is 25.5. The molecule has 3 N–H and O–H groups in total. The summed E-state index contributed by atoms with van der Waals surface area (Å²) in [5.41, 5.74) is 5.65. The number of rotatable bonds is 6. The molecule has 1 unspecified atom stereocenters. The van der Waals surface area contributed by atoms with Gasteiger partial charge in [-0.3, -0.25) is 4.79 Å². The number of hydrogen-bond acceptors (Lipinski definition) is 6. The molecule has 4 rings (SSSR count). The highest BCUT2D eigenvalue weighted by atomic mass is 35.5. The van der Waals surface area contributed by atoms with Crippen LogP contribution in [0.15, 0.2) is 60.8 Å². The van der Waals surface area contributed by atoms with E-state index in [1.165, 1.54) is 18.2 Å². The summed E-state index contributed by atoms with van der Waals surface area (Å²) >= 11 is 5.61. The Morgan fingerprint density at radius 1 is 1.22 bits per heavy atom. The van der Waals surface area contributed by atoms with Gasteiger partial charge < -0.3 is 20.7 Å². The van der Waals surface area contributed by atoms with E-state index in [1.54, 1.807) is 36.5 Å². The first-order chi connectivity index (χ1) is 17.2. The minimum atomic E-state index is -4.63. The third kappa shape index (κ3) is 6.73. The monoisotopic (exact) mass is 517 g/mol. The van der Waals surface area contributed by atoms with Gasteiger partial charge in [0.05, 0.1) is 10.6 Å². The predicted molar refractivity (Wildman–Crippen MR) is 132 cm³/mol. The third-order valence-electron chi connectivity index (χ3n) is 5.40. The van der Waals surface area contributed by atoms with Gasteiger partial charge in [-0.25, -0.2) is 4.98 Å². The fourth-order valence-corrected chi connectivity index (χ4v) is 3.94. The Morgan fingerprint density at radius 2 is 2.06 bits per heavy atom. The van der Waals surface area contributed by atoms with Crippen molar-refractivity contribution in [1.29, 1.82) is 0 Å². The lowest BCUT2D eigenvalue weighted by molar-refractivity contribution is -0.137. The zero-order valence-corrected chi connectivity index (χ0v) is 19.8. The third-order valence-corrected chi connectivity index (χ3v) is 5.73. The summed E-state index contributed by atoms with van der Waals surface area (Å²) in [5, 5.41) is 1.96. The van der Waals surface area contributed by atoms with Crippen LogP contribution in [0, 0.1) is 0 Å². The maximum Gasteiger partial charge on any atom is 0.417 e. The number of nitrogens with two attached hydrogens (primary N) is 1. The number of aromatic nitrogens is 2. The maximum absolute atomic E-state index is 13.0.